The molecule has 138 valence electrons. The van der Waals surface area contributed by atoms with Crippen molar-refractivity contribution in [2.45, 2.75) is 35.9 Å². The molecule has 7 nitrogen and oxygen atoms in total. The number of carboxylic acid groups (broad SMARTS) is 1. The minimum Gasteiger partial charge on any atom is -0.107 e. The van der Waals surface area contributed by atoms with Crippen LogP contribution in [-0.4, -0.2) is 77.5 Å². The van der Waals surface area contributed by atoms with E-state index in [1.807, 2.05) is 21.1 Å². The monoisotopic (exact) mass is 591 g/mol. The van der Waals surface area contributed by atoms with Crippen molar-refractivity contribution in [3.63, 3.8) is 0 Å². The normalized spacial score (nSPS) is 11.9. The molecule has 0 spiro atoms. The van der Waals surface area contributed by atoms with E-state index in [4.69, 9.17) is 10.5 Å². The Morgan fingerprint density at radius 3 is 2.28 bits per heavy atom. The molecular formula is C15H22IN5O2Se2. The van der Waals surface area contributed by atoms with Crippen LogP contribution in [0, 0.1) is 22.7 Å². The minimum absolute atomic E-state index is 0. The van der Waals surface area contributed by atoms with Crippen LogP contribution in [0.2, 0.25) is 10.6 Å². The number of carboxylic acids is 1. The molecule has 0 amide bonds. The summed E-state index contributed by atoms with van der Waals surface area (Å²) >= 11 is 0.130. The van der Waals surface area contributed by atoms with Crippen molar-refractivity contribution >= 4 is 69.2 Å². The third-order valence-electron chi connectivity index (χ3n) is 3.23. The summed E-state index contributed by atoms with van der Waals surface area (Å²) in [6.07, 6.45) is 1.28. The van der Waals surface area contributed by atoms with Crippen LogP contribution >= 0.6 is 24.0 Å². The van der Waals surface area contributed by atoms with Gasteiger partial charge in [0.2, 0.25) is 0 Å². The molecule has 0 bridgehead atoms. The van der Waals surface area contributed by atoms with Crippen molar-refractivity contribution < 1.29 is 14.4 Å². The molecule has 0 fully saturated rings. The summed E-state index contributed by atoms with van der Waals surface area (Å²) < 4.78 is 2.07. The quantitative estimate of drug-likeness (QED) is 0.158. The van der Waals surface area contributed by atoms with Crippen LogP contribution in [0.5, 0.6) is 0 Å². The first kappa shape index (κ1) is 24.4. The molecule has 0 aliphatic carbocycles. The maximum Gasteiger partial charge on any atom is -0.107 e. The van der Waals surface area contributed by atoms with Gasteiger partial charge < -0.3 is 0 Å². The number of nitrogens with zero attached hydrogens (tertiary/aromatic N) is 4. The molecule has 0 saturated carbocycles. The summed E-state index contributed by atoms with van der Waals surface area (Å²) in [5.41, 5.74) is 0.768. The fraction of sp³-hybridized carbons (Fsp3) is 0.600. The van der Waals surface area contributed by atoms with Crippen LogP contribution in [0.4, 0.5) is 0 Å². The molecule has 1 aromatic rings. The first-order valence-electron chi connectivity index (χ1n) is 7.40. The molecule has 1 heterocycles. The van der Waals surface area contributed by atoms with Gasteiger partial charge in [-0.3, -0.25) is 0 Å². The zero-order valence-corrected chi connectivity index (χ0v) is 20.2. The van der Waals surface area contributed by atoms with Crippen LogP contribution in [0.25, 0.3) is 0 Å². The Labute approximate surface area is 178 Å². The van der Waals surface area contributed by atoms with Gasteiger partial charge in [0.1, 0.15) is 0 Å². The van der Waals surface area contributed by atoms with E-state index < -0.39 is 12.0 Å². The van der Waals surface area contributed by atoms with E-state index in [0.29, 0.717) is 19.3 Å². The van der Waals surface area contributed by atoms with Crippen LogP contribution in [0.1, 0.15) is 18.5 Å². The largest absolute Gasteiger partial charge is 0.107 e. The van der Waals surface area contributed by atoms with Gasteiger partial charge in [-0.15, -0.1) is 24.0 Å². The Morgan fingerprint density at radius 1 is 1.24 bits per heavy atom. The zero-order valence-electron chi connectivity index (χ0n) is 14.4. The van der Waals surface area contributed by atoms with E-state index in [-0.39, 0.29) is 58.4 Å². The molecule has 1 unspecified atom stereocenters. The number of halogens is 1. The first-order valence-corrected chi connectivity index (χ1v) is 11.5. The number of H-pyrrole nitrogens is 1. The van der Waals surface area contributed by atoms with Gasteiger partial charge in [0, 0.05) is 0 Å². The molecular weight excluding hydrogens is 567 g/mol. The van der Waals surface area contributed by atoms with Gasteiger partial charge in [0.05, 0.1) is 0 Å². The minimum atomic E-state index is -1.09. The van der Waals surface area contributed by atoms with Crippen LogP contribution in [-0.2, 0) is 11.2 Å². The Hall–Kier alpha value is -0.611. The molecule has 10 heteroatoms. The molecule has 1 N–H and O–H groups in total. The number of nitriles is 2. The Kier molecular flexibility index (Phi) is 11.6. The second kappa shape index (κ2) is 11.9. The number of aromatic amines is 1. The second-order valence-electron chi connectivity index (χ2n) is 5.99. The SMILES string of the molecule is C[N+](C)(C)C(Cc1nc([Se]CCC#N)[nH]c1[Se]CCC#N)C(=O)[O-].I. The Balaban J connectivity index is 0.00000576. The molecule has 25 heavy (non-hydrogen) atoms. The summed E-state index contributed by atoms with van der Waals surface area (Å²) in [5, 5.41) is 30.4. The van der Waals surface area contributed by atoms with Crippen molar-refractivity contribution in [1.29, 1.82) is 10.5 Å². The van der Waals surface area contributed by atoms with Crippen molar-refractivity contribution in [3.8, 4) is 12.1 Å². The van der Waals surface area contributed by atoms with E-state index in [9.17, 15) is 9.90 Å². The van der Waals surface area contributed by atoms with Gasteiger partial charge in [-0.25, -0.2) is 0 Å². The fourth-order valence-electron chi connectivity index (χ4n) is 1.95. The number of carbonyl (C=O) groups excluding carboxylic acids is 1. The number of imidazole rings is 1. The van der Waals surface area contributed by atoms with Gasteiger partial charge in [0.25, 0.3) is 0 Å². The van der Waals surface area contributed by atoms with Gasteiger partial charge in [0.15, 0.2) is 0 Å². The average Bonchev–Trinajstić information content (AvgIpc) is 2.86. The summed E-state index contributed by atoms with van der Waals surface area (Å²) in [6.45, 7) is 0. The van der Waals surface area contributed by atoms with E-state index in [0.717, 1.165) is 25.6 Å². The predicted molar refractivity (Wildman–Crippen MR) is 105 cm³/mol. The van der Waals surface area contributed by atoms with Crippen molar-refractivity contribution in [2.24, 2.45) is 0 Å². The molecule has 0 saturated heterocycles. The number of likely N-dealkylation sites (N-methyl/N-ethyl adjacent to an activating group) is 1. The van der Waals surface area contributed by atoms with Crippen molar-refractivity contribution in [2.75, 3.05) is 21.1 Å². The molecule has 1 atom stereocenters. The standard InChI is InChI=1S/C15H21N5O2Se2.HI/c1-20(2,3)12(14(21)22)10-11-13(23-8-4-6-16)19-15(18-11)24-9-5-7-17;/h12H,4-5,8-10H2,1-3H3,(H-,18,19,21,22);1H. The van der Waals surface area contributed by atoms with E-state index >= 15 is 0 Å². The van der Waals surface area contributed by atoms with Gasteiger partial charge in [-0.1, -0.05) is 0 Å². The first-order chi connectivity index (χ1) is 11.3. The molecule has 1 aromatic heterocycles. The van der Waals surface area contributed by atoms with Gasteiger partial charge in [-0.2, -0.15) is 0 Å². The Bertz CT molecular complexity index is 646. The van der Waals surface area contributed by atoms with E-state index in [1.165, 1.54) is 0 Å². The molecule has 0 aliphatic heterocycles. The third-order valence-corrected chi connectivity index (χ3v) is 7.23. The number of carbonyl (C=O) groups is 1. The van der Waals surface area contributed by atoms with Crippen LogP contribution in [0.15, 0.2) is 0 Å². The topological polar surface area (TPSA) is 116 Å². The number of nitrogens with one attached hydrogen (secondary N) is 1. The van der Waals surface area contributed by atoms with Crippen LogP contribution < -0.4 is 14.4 Å². The summed E-state index contributed by atoms with van der Waals surface area (Å²) in [6, 6.07) is 3.57. The molecule has 0 radical (unpaired) electrons. The second-order valence-corrected chi connectivity index (χ2v) is 10.6. The number of quaternary nitrogens is 1. The number of aromatic nitrogens is 2. The third kappa shape index (κ3) is 8.54. The number of hydrogen-bond donors (Lipinski definition) is 1. The molecule has 0 aliphatic rings. The van der Waals surface area contributed by atoms with Crippen molar-refractivity contribution in [3.05, 3.63) is 5.69 Å². The number of hydrogen-bond acceptors (Lipinski definition) is 5. The average molecular weight is 589 g/mol. The predicted octanol–water partition coefficient (Wildman–Crippen LogP) is -1.28. The maximum absolute atomic E-state index is 11.5. The Morgan fingerprint density at radius 2 is 1.80 bits per heavy atom. The summed E-state index contributed by atoms with van der Waals surface area (Å²) in [4.78, 5) is 19.4. The smallest absolute Gasteiger partial charge is 0.107 e. The molecule has 1 rings (SSSR count). The number of rotatable bonds is 10. The van der Waals surface area contributed by atoms with Crippen molar-refractivity contribution in [1.82, 2.24) is 9.97 Å². The summed E-state index contributed by atoms with van der Waals surface area (Å²) in [7, 11) is 5.47. The number of aliphatic carboxylic acids is 1. The van der Waals surface area contributed by atoms with E-state index in [2.05, 4.69) is 22.1 Å². The maximum atomic E-state index is 11.5. The van der Waals surface area contributed by atoms with Gasteiger partial charge >= 0.3 is 155 Å². The van der Waals surface area contributed by atoms with Crippen LogP contribution in [0.3, 0.4) is 0 Å². The fourth-order valence-corrected chi connectivity index (χ4v) is 5.62. The van der Waals surface area contributed by atoms with E-state index in [1.54, 1.807) is 0 Å². The van der Waals surface area contributed by atoms with Gasteiger partial charge in [-0.05, 0) is 0 Å². The zero-order chi connectivity index (χ0) is 18.2. The summed E-state index contributed by atoms with van der Waals surface area (Å²) in [5.74, 6) is -1.09. The molecule has 0 aromatic carbocycles.